The lowest BCUT2D eigenvalue weighted by molar-refractivity contribution is 0.965. The van der Waals surface area contributed by atoms with Gasteiger partial charge in [-0.2, -0.15) is 0 Å². The van der Waals surface area contributed by atoms with Gasteiger partial charge in [-0.05, 0) is 19.1 Å². The van der Waals surface area contributed by atoms with E-state index in [4.69, 9.17) is 17.0 Å². The fourth-order valence-corrected chi connectivity index (χ4v) is 1.71. The molecule has 1 N–H and O–H groups in total. The first-order valence-electron chi connectivity index (χ1n) is 4.84. The lowest BCUT2D eigenvalue weighted by atomic mass is 10.2. The first-order valence-corrected chi connectivity index (χ1v) is 5.22. The Kier molecular flexibility index (Phi) is 3.97. The molecule has 3 nitrogen and oxygen atoms in total. The summed E-state index contributed by atoms with van der Waals surface area (Å²) in [6, 6.07) is 5.72. The molecule has 0 aliphatic heterocycles. The molecule has 0 atom stereocenters. The zero-order chi connectivity index (χ0) is 11.4. The number of hydrogen-bond donors (Lipinski definition) is 1. The molecule has 0 radical (unpaired) electrons. The number of nitrogens with zero attached hydrogens (tertiary/aromatic N) is 2. The van der Waals surface area contributed by atoms with Crippen LogP contribution in [0.4, 0.5) is 11.4 Å². The molecular weight excluding hydrogens is 210 g/mol. The Morgan fingerprint density at radius 3 is 2.60 bits per heavy atom. The van der Waals surface area contributed by atoms with Crippen molar-refractivity contribution in [3.63, 3.8) is 0 Å². The second kappa shape index (κ2) is 5.03. The van der Waals surface area contributed by atoms with Gasteiger partial charge in [-0.25, -0.2) is 0 Å². The summed E-state index contributed by atoms with van der Waals surface area (Å²) in [5, 5.41) is 7.96. The first kappa shape index (κ1) is 11.9. The zero-order valence-corrected chi connectivity index (χ0v) is 10.0. The molecule has 4 heteroatoms. The van der Waals surface area contributed by atoms with Crippen LogP contribution in [0.15, 0.2) is 18.2 Å². The van der Waals surface area contributed by atoms with E-state index >= 15 is 0 Å². The minimum atomic E-state index is 0.713. The molecule has 0 aromatic heterocycles. The monoisotopic (exact) mass is 225 g/mol. The molecule has 0 aliphatic carbocycles. The van der Waals surface area contributed by atoms with Gasteiger partial charge in [-0.15, -0.1) is 0 Å². The van der Waals surface area contributed by atoms with E-state index in [1.807, 2.05) is 32.3 Å². The van der Waals surface area contributed by atoms with Crippen molar-refractivity contribution in [2.24, 2.45) is 0 Å². The van der Waals surface area contributed by atoms with Crippen molar-refractivity contribution >= 4 is 29.3 Å². The molecule has 0 saturated carbocycles. The van der Waals surface area contributed by atoms with Gasteiger partial charge in [0, 0.05) is 20.6 Å². The van der Waals surface area contributed by atoms with Crippen molar-refractivity contribution in [3.8, 4) is 0 Å². The van der Waals surface area contributed by atoms with Crippen LogP contribution in [0.1, 0.15) is 6.92 Å². The van der Waals surface area contributed by atoms with E-state index in [0.29, 0.717) is 5.02 Å². The van der Waals surface area contributed by atoms with E-state index in [0.717, 1.165) is 17.9 Å². The van der Waals surface area contributed by atoms with Gasteiger partial charge in [0.2, 0.25) is 0 Å². The topological polar surface area (TPSA) is 30.3 Å². The van der Waals surface area contributed by atoms with Crippen LogP contribution in [0, 0.1) is 5.41 Å². The summed E-state index contributed by atoms with van der Waals surface area (Å²) in [5.41, 5.74) is 1.91. The summed E-state index contributed by atoms with van der Waals surface area (Å²) in [7, 11) is 3.83. The zero-order valence-electron chi connectivity index (χ0n) is 9.29. The lowest BCUT2D eigenvalue weighted by Gasteiger charge is -2.25. The third kappa shape index (κ3) is 2.42. The minimum absolute atomic E-state index is 0.713. The lowest BCUT2D eigenvalue weighted by Crippen LogP contribution is -2.22. The number of rotatable bonds is 4. The Labute approximate surface area is 95.8 Å². The number of hydrogen-bond acceptors (Lipinski definition) is 2. The smallest absolute Gasteiger partial charge is 0.0859 e. The maximum Gasteiger partial charge on any atom is 0.0859 e. The maximum absolute atomic E-state index is 7.25. The largest absolute Gasteiger partial charge is 0.372 e. The van der Waals surface area contributed by atoms with Crippen molar-refractivity contribution < 1.29 is 0 Å². The SMILES string of the molecule is CCN(C)c1c(Cl)cccc1N(C)C=N. The van der Waals surface area contributed by atoms with Gasteiger partial charge in [-0.3, -0.25) is 5.41 Å². The Hall–Kier alpha value is -1.22. The second-order valence-corrected chi connectivity index (χ2v) is 3.77. The molecule has 0 amide bonds. The highest BCUT2D eigenvalue weighted by Gasteiger charge is 2.12. The molecule has 1 aromatic rings. The quantitative estimate of drug-likeness (QED) is 0.631. The fourth-order valence-electron chi connectivity index (χ4n) is 1.39. The molecule has 0 heterocycles. The van der Waals surface area contributed by atoms with Gasteiger partial charge in [0.15, 0.2) is 0 Å². The summed E-state index contributed by atoms with van der Waals surface area (Å²) in [6.45, 7) is 2.94. The van der Waals surface area contributed by atoms with Crippen molar-refractivity contribution in [1.82, 2.24) is 0 Å². The van der Waals surface area contributed by atoms with Crippen molar-refractivity contribution in [1.29, 1.82) is 5.41 Å². The van der Waals surface area contributed by atoms with Gasteiger partial charge in [-0.1, -0.05) is 17.7 Å². The normalized spacial score (nSPS) is 9.87. The molecule has 0 spiro atoms. The first-order chi connectivity index (χ1) is 7.11. The Morgan fingerprint density at radius 2 is 2.07 bits per heavy atom. The summed E-state index contributed by atoms with van der Waals surface area (Å²) >= 11 is 6.16. The van der Waals surface area contributed by atoms with Crippen LogP contribution in [0.3, 0.4) is 0 Å². The summed E-state index contributed by atoms with van der Waals surface area (Å²) < 4.78 is 0. The van der Waals surface area contributed by atoms with E-state index in [1.54, 1.807) is 4.90 Å². The van der Waals surface area contributed by atoms with Crippen LogP contribution in [0.25, 0.3) is 0 Å². The van der Waals surface area contributed by atoms with Gasteiger partial charge in [0.1, 0.15) is 0 Å². The van der Waals surface area contributed by atoms with Crippen molar-refractivity contribution in [2.75, 3.05) is 30.4 Å². The maximum atomic E-state index is 7.25. The average molecular weight is 226 g/mol. The highest BCUT2D eigenvalue weighted by molar-refractivity contribution is 6.34. The van der Waals surface area contributed by atoms with Gasteiger partial charge in [0.05, 0.1) is 22.7 Å². The molecule has 82 valence electrons. The highest BCUT2D eigenvalue weighted by atomic mass is 35.5. The molecule has 15 heavy (non-hydrogen) atoms. The Morgan fingerprint density at radius 1 is 1.40 bits per heavy atom. The standard InChI is InChI=1S/C11H16ClN3/c1-4-14(2)11-9(12)6-5-7-10(11)15(3)8-13/h5-8,13H,4H2,1-3H3. The number of para-hydroxylation sites is 1. The summed E-state index contributed by atoms with van der Waals surface area (Å²) in [5.74, 6) is 0. The minimum Gasteiger partial charge on any atom is -0.372 e. The van der Waals surface area contributed by atoms with Gasteiger partial charge in [0.25, 0.3) is 0 Å². The fraction of sp³-hybridized carbons (Fsp3) is 0.364. The predicted octanol–water partition coefficient (Wildman–Crippen LogP) is 2.84. The number of benzene rings is 1. The Balaban J connectivity index is 3.25. The van der Waals surface area contributed by atoms with E-state index < -0.39 is 0 Å². The van der Waals surface area contributed by atoms with E-state index in [9.17, 15) is 0 Å². The molecule has 0 aliphatic rings. The average Bonchev–Trinajstić information content (AvgIpc) is 2.26. The predicted molar refractivity (Wildman–Crippen MR) is 67.6 cm³/mol. The molecular formula is C11H16ClN3. The van der Waals surface area contributed by atoms with Crippen molar-refractivity contribution in [3.05, 3.63) is 23.2 Å². The summed E-state index contributed by atoms with van der Waals surface area (Å²) in [4.78, 5) is 3.81. The third-order valence-electron chi connectivity index (χ3n) is 2.40. The second-order valence-electron chi connectivity index (χ2n) is 3.36. The van der Waals surface area contributed by atoms with Crippen LogP contribution in [0.5, 0.6) is 0 Å². The molecule has 0 unspecified atom stereocenters. The third-order valence-corrected chi connectivity index (χ3v) is 2.70. The molecule has 1 rings (SSSR count). The number of nitrogens with one attached hydrogen (secondary N) is 1. The van der Waals surface area contributed by atoms with E-state index in [2.05, 4.69) is 11.8 Å². The van der Waals surface area contributed by atoms with Crippen LogP contribution >= 0.6 is 11.6 Å². The summed E-state index contributed by atoms with van der Waals surface area (Å²) in [6.07, 6.45) is 1.28. The molecule has 0 saturated heterocycles. The van der Waals surface area contributed by atoms with Gasteiger partial charge >= 0.3 is 0 Å². The van der Waals surface area contributed by atoms with Crippen LogP contribution in [-0.4, -0.2) is 27.0 Å². The van der Waals surface area contributed by atoms with Crippen LogP contribution in [-0.2, 0) is 0 Å². The Bertz CT molecular complexity index is 352. The van der Waals surface area contributed by atoms with E-state index in [1.165, 1.54) is 6.34 Å². The van der Waals surface area contributed by atoms with Crippen LogP contribution < -0.4 is 9.80 Å². The van der Waals surface area contributed by atoms with Crippen LogP contribution in [0.2, 0.25) is 5.02 Å². The van der Waals surface area contributed by atoms with Gasteiger partial charge < -0.3 is 9.80 Å². The number of anilines is 2. The highest BCUT2D eigenvalue weighted by Crippen LogP contribution is 2.34. The van der Waals surface area contributed by atoms with E-state index in [-0.39, 0.29) is 0 Å². The van der Waals surface area contributed by atoms with Crippen molar-refractivity contribution in [2.45, 2.75) is 6.92 Å². The number of halogens is 1. The molecule has 0 fully saturated rings. The molecule has 1 aromatic carbocycles. The molecule has 0 bridgehead atoms.